The van der Waals surface area contributed by atoms with Crippen molar-refractivity contribution in [1.29, 1.82) is 0 Å². The molecule has 2 bridgehead atoms. The highest BCUT2D eigenvalue weighted by atomic mass is 15.3. The Kier molecular flexibility index (Phi) is 2.56. The van der Waals surface area contributed by atoms with Crippen LogP contribution in [0.3, 0.4) is 0 Å². The van der Waals surface area contributed by atoms with E-state index in [1.807, 2.05) is 0 Å². The van der Waals surface area contributed by atoms with Crippen LogP contribution in [0.15, 0.2) is 0 Å². The van der Waals surface area contributed by atoms with Gasteiger partial charge in [-0.1, -0.05) is 20.3 Å². The molecule has 0 spiro atoms. The molecule has 2 N–H and O–H groups in total. The van der Waals surface area contributed by atoms with E-state index in [0.717, 1.165) is 30.8 Å². The van der Waals surface area contributed by atoms with Crippen molar-refractivity contribution >= 4 is 0 Å². The zero-order valence-corrected chi connectivity index (χ0v) is 10.8. The molecule has 0 amide bonds. The molecule has 1 heterocycles. The summed E-state index contributed by atoms with van der Waals surface area (Å²) in [6.45, 7) is 8.13. The monoisotopic (exact) mass is 222 g/mol. The van der Waals surface area contributed by atoms with E-state index in [4.69, 9.17) is 5.73 Å². The number of rotatable bonds is 3. The Morgan fingerprint density at radius 3 is 2.50 bits per heavy atom. The molecule has 3 fully saturated rings. The number of likely N-dealkylation sites (tertiary alicyclic amines) is 1. The Hall–Kier alpha value is -0.0800. The summed E-state index contributed by atoms with van der Waals surface area (Å²) in [7, 11) is 0. The molecule has 0 aromatic carbocycles. The second-order valence-corrected chi connectivity index (χ2v) is 6.99. The van der Waals surface area contributed by atoms with Gasteiger partial charge in [0.1, 0.15) is 0 Å². The minimum atomic E-state index is 0.123. The second-order valence-electron chi connectivity index (χ2n) is 6.99. The maximum atomic E-state index is 6.34. The fraction of sp³-hybridized carbons (Fsp3) is 1.00. The molecule has 3 unspecified atom stereocenters. The highest BCUT2D eigenvalue weighted by Gasteiger charge is 2.45. The highest BCUT2D eigenvalue weighted by molar-refractivity contribution is 5.03. The summed E-state index contributed by atoms with van der Waals surface area (Å²) in [5.74, 6) is 3.79. The summed E-state index contributed by atoms with van der Waals surface area (Å²) in [4.78, 5) is 2.60. The van der Waals surface area contributed by atoms with E-state index in [9.17, 15) is 0 Å². The summed E-state index contributed by atoms with van der Waals surface area (Å²) >= 11 is 0. The second kappa shape index (κ2) is 3.71. The molecular formula is C14H26N2. The Balaban J connectivity index is 1.48. The van der Waals surface area contributed by atoms with Crippen LogP contribution < -0.4 is 5.73 Å². The number of hydrogen-bond acceptors (Lipinski definition) is 2. The van der Waals surface area contributed by atoms with Crippen molar-refractivity contribution in [2.75, 3.05) is 19.6 Å². The predicted octanol–water partition coefficient (Wildman–Crippen LogP) is 2.09. The number of nitrogens with zero attached hydrogens (tertiary/aromatic N) is 1. The van der Waals surface area contributed by atoms with Gasteiger partial charge >= 0.3 is 0 Å². The predicted molar refractivity (Wildman–Crippen MR) is 67.1 cm³/mol. The summed E-state index contributed by atoms with van der Waals surface area (Å²) in [6.07, 6.45) is 6.09. The minimum Gasteiger partial charge on any atom is -0.323 e. The zero-order chi connectivity index (χ0) is 11.3. The van der Waals surface area contributed by atoms with Gasteiger partial charge in [0.05, 0.1) is 0 Å². The molecule has 3 aliphatic rings. The summed E-state index contributed by atoms with van der Waals surface area (Å²) in [5.41, 5.74) is 6.47. The Morgan fingerprint density at radius 1 is 1.25 bits per heavy atom. The number of fused-ring (bicyclic) bond motifs is 2. The summed E-state index contributed by atoms with van der Waals surface area (Å²) in [6, 6.07) is 0. The zero-order valence-electron chi connectivity index (χ0n) is 10.8. The molecule has 0 aromatic heterocycles. The van der Waals surface area contributed by atoms with E-state index in [-0.39, 0.29) is 5.54 Å². The molecule has 1 aliphatic heterocycles. The van der Waals surface area contributed by atoms with E-state index < -0.39 is 0 Å². The van der Waals surface area contributed by atoms with Gasteiger partial charge in [-0.3, -0.25) is 4.90 Å². The first kappa shape index (κ1) is 11.0. The van der Waals surface area contributed by atoms with Gasteiger partial charge in [-0.15, -0.1) is 0 Å². The molecule has 3 atom stereocenters. The maximum Gasteiger partial charge on any atom is 0.0435 e. The molecule has 1 saturated heterocycles. The molecular weight excluding hydrogens is 196 g/mol. The Morgan fingerprint density at radius 2 is 2.00 bits per heavy atom. The number of hydrogen-bond donors (Lipinski definition) is 1. The van der Waals surface area contributed by atoms with Crippen LogP contribution in [0.2, 0.25) is 0 Å². The summed E-state index contributed by atoms with van der Waals surface area (Å²) in [5, 5.41) is 0. The summed E-state index contributed by atoms with van der Waals surface area (Å²) < 4.78 is 0. The van der Waals surface area contributed by atoms with Crippen LogP contribution in [-0.2, 0) is 0 Å². The van der Waals surface area contributed by atoms with Crippen molar-refractivity contribution in [2.45, 2.75) is 45.1 Å². The first-order valence-corrected chi connectivity index (χ1v) is 7.08. The molecule has 3 rings (SSSR count). The first-order chi connectivity index (χ1) is 7.57. The van der Waals surface area contributed by atoms with Crippen LogP contribution in [0.1, 0.15) is 39.5 Å². The smallest absolute Gasteiger partial charge is 0.0435 e. The molecule has 16 heavy (non-hydrogen) atoms. The van der Waals surface area contributed by atoms with Crippen molar-refractivity contribution in [3.63, 3.8) is 0 Å². The van der Waals surface area contributed by atoms with Gasteiger partial charge in [0.25, 0.3) is 0 Å². The lowest BCUT2D eigenvalue weighted by atomic mass is 9.78. The molecule has 92 valence electrons. The van der Waals surface area contributed by atoms with Crippen molar-refractivity contribution in [1.82, 2.24) is 4.90 Å². The van der Waals surface area contributed by atoms with Crippen LogP contribution in [-0.4, -0.2) is 30.1 Å². The third-order valence-electron chi connectivity index (χ3n) is 5.56. The average Bonchev–Trinajstić information content (AvgIpc) is 2.76. The fourth-order valence-corrected chi connectivity index (χ4v) is 4.21. The largest absolute Gasteiger partial charge is 0.323 e. The van der Waals surface area contributed by atoms with Crippen LogP contribution >= 0.6 is 0 Å². The van der Waals surface area contributed by atoms with E-state index in [1.165, 1.54) is 32.2 Å². The molecule has 2 nitrogen and oxygen atoms in total. The van der Waals surface area contributed by atoms with E-state index in [1.54, 1.807) is 0 Å². The van der Waals surface area contributed by atoms with E-state index >= 15 is 0 Å². The first-order valence-electron chi connectivity index (χ1n) is 7.08. The lowest BCUT2D eigenvalue weighted by Gasteiger charge is -2.51. The highest BCUT2D eigenvalue weighted by Crippen LogP contribution is 2.49. The van der Waals surface area contributed by atoms with Crippen LogP contribution in [0.4, 0.5) is 0 Å². The average molecular weight is 222 g/mol. The maximum absolute atomic E-state index is 6.34. The van der Waals surface area contributed by atoms with Crippen LogP contribution in [0.5, 0.6) is 0 Å². The quantitative estimate of drug-likeness (QED) is 0.792. The Bertz CT molecular complexity index is 268. The van der Waals surface area contributed by atoms with Gasteiger partial charge in [0.2, 0.25) is 0 Å². The van der Waals surface area contributed by atoms with Crippen LogP contribution in [0.25, 0.3) is 0 Å². The van der Waals surface area contributed by atoms with Gasteiger partial charge in [0, 0.05) is 25.2 Å². The van der Waals surface area contributed by atoms with Crippen molar-refractivity contribution < 1.29 is 0 Å². The van der Waals surface area contributed by atoms with E-state index in [0.29, 0.717) is 5.92 Å². The third-order valence-corrected chi connectivity index (χ3v) is 5.56. The third kappa shape index (κ3) is 1.70. The van der Waals surface area contributed by atoms with Gasteiger partial charge in [-0.05, 0) is 42.9 Å². The molecule has 2 saturated carbocycles. The molecule has 0 aromatic rings. The van der Waals surface area contributed by atoms with E-state index in [2.05, 4.69) is 18.7 Å². The number of nitrogens with two attached hydrogens (primary N) is 1. The molecule has 2 aliphatic carbocycles. The van der Waals surface area contributed by atoms with Crippen molar-refractivity contribution in [2.24, 2.45) is 29.4 Å². The van der Waals surface area contributed by atoms with Gasteiger partial charge in [-0.2, -0.15) is 0 Å². The molecule has 0 radical (unpaired) electrons. The minimum absolute atomic E-state index is 0.123. The molecule has 2 heteroatoms. The van der Waals surface area contributed by atoms with Gasteiger partial charge < -0.3 is 5.73 Å². The van der Waals surface area contributed by atoms with Crippen molar-refractivity contribution in [3.8, 4) is 0 Å². The Labute approximate surface area is 99.6 Å². The SMILES string of the molecule is CC(C)C1(N)CN(CC2CC3CCC2C3)C1. The van der Waals surface area contributed by atoms with Crippen molar-refractivity contribution in [3.05, 3.63) is 0 Å². The normalized spacial score (nSPS) is 41.6. The van der Waals surface area contributed by atoms with Gasteiger partial charge in [-0.25, -0.2) is 0 Å². The standard InChI is InChI=1S/C14H26N2/c1-10(2)14(15)8-16(9-14)7-13-6-11-3-4-12(13)5-11/h10-13H,3-9,15H2,1-2H3. The fourth-order valence-electron chi connectivity index (χ4n) is 4.21. The van der Waals surface area contributed by atoms with Gasteiger partial charge in [0.15, 0.2) is 0 Å². The lowest BCUT2D eigenvalue weighted by Crippen LogP contribution is -2.70. The lowest BCUT2D eigenvalue weighted by molar-refractivity contribution is 0.0183. The topological polar surface area (TPSA) is 29.3 Å². The van der Waals surface area contributed by atoms with Crippen LogP contribution in [0, 0.1) is 23.7 Å².